The maximum Gasteiger partial charge on any atom is 0.309 e. The third kappa shape index (κ3) is 3.09. The summed E-state index contributed by atoms with van der Waals surface area (Å²) in [6, 6.07) is 6.89. The number of rotatable bonds is 3. The molecule has 1 amide bonds. The van der Waals surface area contributed by atoms with E-state index in [2.05, 4.69) is 10.1 Å². The Morgan fingerprint density at radius 3 is 2.73 bits per heavy atom. The Morgan fingerprint density at radius 1 is 1.40 bits per heavy atom. The van der Waals surface area contributed by atoms with Crippen LogP contribution < -0.4 is 5.32 Å². The van der Waals surface area contributed by atoms with Gasteiger partial charge in [0.15, 0.2) is 0 Å². The average molecular weight is 207 g/mol. The highest BCUT2D eigenvalue weighted by Gasteiger charge is 2.06. The lowest BCUT2D eigenvalue weighted by molar-refractivity contribution is -0.139. The quantitative estimate of drug-likeness (QED) is 0.744. The molecule has 0 bridgehead atoms. The highest BCUT2D eigenvalue weighted by molar-refractivity contribution is 5.94. The van der Waals surface area contributed by atoms with Crippen molar-refractivity contribution in [3.05, 3.63) is 35.4 Å². The van der Waals surface area contributed by atoms with Crippen LogP contribution in [0.5, 0.6) is 0 Å². The van der Waals surface area contributed by atoms with Crippen LogP contribution in [0.25, 0.3) is 0 Å². The summed E-state index contributed by atoms with van der Waals surface area (Å²) in [5, 5.41) is 2.52. The van der Waals surface area contributed by atoms with E-state index >= 15 is 0 Å². The highest BCUT2D eigenvalue weighted by Crippen LogP contribution is 2.06. The lowest BCUT2D eigenvalue weighted by Gasteiger charge is -2.03. The molecule has 0 fully saturated rings. The van der Waals surface area contributed by atoms with Gasteiger partial charge < -0.3 is 10.1 Å². The van der Waals surface area contributed by atoms with Crippen LogP contribution in [0.4, 0.5) is 0 Å². The molecule has 0 unspecified atom stereocenters. The van der Waals surface area contributed by atoms with Crippen molar-refractivity contribution in [2.45, 2.75) is 6.42 Å². The second-order valence-corrected chi connectivity index (χ2v) is 3.03. The van der Waals surface area contributed by atoms with Crippen LogP contribution in [0, 0.1) is 0 Å². The van der Waals surface area contributed by atoms with Gasteiger partial charge in [-0.2, -0.15) is 0 Å². The number of carbonyl (C=O) groups excluding carboxylic acids is 2. The van der Waals surface area contributed by atoms with Gasteiger partial charge in [-0.15, -0.1) is 0 Å². The minimum absolute atomic E-state index is 0.165. The van der Waals surface area contributed by atoms with E-state index in [9.17, 15) is 9.59 Å². The first-order valence-corrected chi connectivity index (χ1v) is 4.55. The molecular weight excluding hydrogens is 194 g/mol. The van der Waals surface area contributed by atoms with E-state index in [-0.39, 0.29) is 18.3 Å². The number of carbonyl (C=O) groups is 2. The van der Waals surface area contributed by atoms with Crippen LogP contribution in [-0.4, -0.2) is 26.0 Å². The molecule has 1 N–H and O–H groups in total. The highest BCUT2D eigenvalue weighted by atomic mass is 16.5. The normalized spacial score (nSPS) is 9.47. The van der Waals surface area contributed by atoms with E-state index in [1.807, 2.05) is 0 Å². The minimum Gasteiger partial charge on any atom is -0.469 e. The molecule has 80 valence electrons. The zero-order valence-corrected chi connectivity index (χ0v) is 8.74. The third-order valence-corrected chi connectivity index (χ3v) is 1.99. The van der Waals surface area contributed by atoms with E-state index in [0.717, 1.165) is 5.56 Å². The van der Waals surface area contributed by atoms with Gasteiger partial charge in [-0.05, 0) is 17.7 Å². The molecule has 15 heavy (non-hydrogen) atoms. The molecule has 0 aromatic heterocycles. The zero-order chi connectivity index (χ0) is 11.3. The fourth-order valence-electron chi connectivity index (χ4n) is 1.21. The van der Waals surface area contributed by atoms with Crippen LogP contribution in [0.1, 0.15) is 15.9 Å². The van der Waals surface area contributed by atoms with Crippen molar-refractivity contribution in [1.82, 2.24) is 5.32 Å². The molecule has 1 aromatic carbocycles. The van der Waals surface area contributed by atoms with E-state index < -0.39 is 0 Å². The molecule has 4 nitrogen and oxygen atoms in total. The molecule has 0 radical (unpaired) electrons. The summed E-state index contributed by atoms with van der Waals surface area (Å²) in [5.74, 6) is -0.481. The molecule has 0 aliphatic heterocycles. The summed E-state index contributed by atoms with van der Waals surface area (Å²) in [6.07, 6.45) is 0.182. The van der Waals surface area contributed by atoms with Gasteiger partial charge >= 0.3 is 5.97 Å². The molecule has 1 rings (SSSR count). The average Bonchev–Trinajstić information content (AvgIpc) is 2.28. The summed E-state index contributed by atoms with van der Waals surface area (Å²) < 4.78 is 4.54. The fraction of sp³-hybridized carbons (Fsp3) is 0.273. The molecule has 0 atom stereocenters. The third-order valence-electron chi connectivity index (χ3n) is 1.99. The minimum atomic E-state index is -0.316. The number of methoxy groups -OCH3 is 1. The van der Waals surface area contributed by atoms with Crippen molar-refractivity contribution in [2.75, 3.05) is 14.2 Å². The molecule has 0 heterocycles. The second kappa shape index (κ2) is 5.14. The molecule has 0 aliphatic rings. The lowest BCUT2D eigenvalue weighted by Crippen LogP contribution is -2.18. The Bertz CT molecular complexity index is 374. The molecule has 0 aliphatic carbocycles. The van der Waals surface area contributed by atoms with Gasteiger partial charge in [-0.3, -0.25) is 9.59 Å². The van der Waals surface area contributed by atoms with E-state index in [0.29, 0.717) is 5.56 Å². The van der Waals surface area contributed by atoms with Gasteiger partial charge in [0.1, 0.15) is 0 Å². The van der Waals surface area contributed by atoms with Gasteiger partial charge in [0.2, 0.25) is 0 Å². The predicted octanol–water partition coefficient (Wildman–Crippen LogP) is 0.762. The number of amides is 1. The number of hydrogen-bond acceptors (Lipinski definition) is 3. The molecule has 0 spiro atoms. The van der Waals surface area contributed by atoms with Crippen LogP contribution in [0.15, 0.2) is 24.3 Å². The molecule has 4 heteroatoms. The maximum atomic E-state index is 11.3. The smallest absolute Gasteiger partial charge is 0.309 e. The SMILES string of the molecule is CNC(=O)c1cccc(CC(=O)OC)c1. The van der Waals surface area contributed by atoms with E-state index in [4.69, 9.17) is 0 Å². The van der Waals surface area contributed by atoms with Crippen molar-refractivity contribution >= 4 is 11.9 Å². The number of esters is 1. The van der Waals surface area contributed by atoms with Gasteiger partial charge in [0, 0.05) is 12.6 Å². The van der Waals surface area contributed by atoms with Crippen LogP contribution in [0.2, 0.25) is 0 Å². The predicted molar refractivity (Wildman–Crippen MR) is 55.6 cm³/mol. The Balaban J connectivity index is 2.83. The maximum absolute atomic E-state index is 11.3. The standard InChI is InChI=1S/C11H13NO3/c1-12-11(14)9-5-3-4-8(6-9)7-10(13)15-2/h3-6H,7H2,1-2H3,(H,12,14). The first-order valence-electron chi connectivity index (χ1n) is 4.55. The Hall–Kier alpha value is -1.84. The Labute approximate surface area is 88.2 Å². The summed E-state index contributed by atoms with van der Waals surface area (Å²) in [7, 11) is 2.90. The van der Waals surface area contributed by atoms with E-state index in [1.165, 1.54) is 7.11 Å². The van der Waals surface area contributed by atoms with Crippen molar-refractivity contribution < 1.29 is 14.3 Å². The Morgan fingerprint density at radius 2 is 2.13 bits per heavy atom. The van der Waals surface area contributed by atoms with Crippen molar-refractivity contribution in [3.8, 4) is 0 Å². The first-order chi connectivity index (χ1) is 7.17. The molecule has 0 saturated heterocycles. The first kappa shape index (κ1) is 11.2. The van der Waals surface area contributed by atoms with Crippen LogP contribution in [0.3, 0.4) is 0 Å². The molecule has 1 aromatic rings. The van der Waals surface area contributed by atoms with E-state index in [1.54, 1.807) is 31.3 Å². The topological polar surface area (TPSA) is 55.4 Å². The summed E-state index contributed by atoms with van der Waals surface area (Å²) in [4.78, 5) is 22.3. The van der Waals surface area contributed by atoms with Crippen molar-refractivity contribution in [3.63, 3.8) is 0 Å². The number of ether oxygens (including phenoxy) is 1. The van der Waals surface area contributed by atoms with Crippen LogP contribution in [-0.2, 0) is 16.0 Å². The number of nitrogens with one attached hydrogen (secondary N) is 1. The van der Waals surface area contributed by atoms with Crippen molar-refractivity contribution in [1.29, 1.82) is 0 Å². The monoisotopic (exact) mass is 207 g/mol. The van der Waals surface area contributed by atoms with Crippen molar-refractivity contribution in [2.24, 2.45) is 0 Å². The summed E-state index contributed by atoms with van der Waals surface area (Å²) in [5.41, 5.74) is 1.31. The fourth-order valence-corrected chi connectivity index (χ4v) is 1.21. The number of hydrogen-bond donors (Lipinski definition) is 1. The zero-order valence-electron chi connectivity index (χ0n) is 8.74. The van der Waals surface area contributed by atoms with Gasteiger partial charge in [0.25, 0.3) is 5.91 Å². The second-order valence-electron chi connectivity index (χ2n) is 3.03. The lowest BCUT2D eigenvalue weighted by atomic mass is 10.1. The summed E-state index contributed by atoms with van der Waals surface area (Å²) >= 11 is 0. The molecular formula is C11H13NO3. The van der Waals surface area contributed by atoms with Gasteiger partial charge in [-0.25, -0.2) is 0 Å². The summed E-state index contributed by atoms with van der Waals surface area (Å²) in [6.45, 7) is 0. The van der Waals surface area contributed by atoms with Gasteiger partial charge in [-0.1, -0.05) is 12.1 Å². The Kier molecular flexibility index (Phi) is 3.85. The molecule has 0 saturated carbocycles. The largest absolute Gasteiger partial charge is 0.469 e. The van der Waals surface area contributed by atoms with Crippen LogP contribution >= 0.6 is 0 Å². The van der Waals surface area contributed by atoms with Gasteiger partial charge in [0.05, 0.1) is 13.5 Å². The number of benzene rings is 1.